The molecule has 0 aliphatic rings. The summed E-state index contributed by atoms with van der Waals surface area (Å²) in [6.07, 6.45) is 23.7. The maximum absolute atomic E-state index is 3.90. The van der Waals surface area contributed by atoms with Gasteiger partial charge in [0.15, 0.2) is 0 Å². The van der Waals surface area contributed by atoms with Crippen molar-refractivity contribution in [3.8, 4) is 0 Å². The molecular weight excluding hydrogens is 240 g/mol. The molecule has 0 atom stereocenters. The van der Waals surface area contributed by atoms with Crippen LogP contribution in [0, 0.1) is 6.92 Å². The molecule has 0 aromatic rings. The first-order chi connectivity index (χ1) is 9.77. The summed E-state index contributed by atoms with van der Waals surface area (Å²) in [6.45, 7) is 8.28. The molecule has 119 valence electrons. The van der Waals surface area contributed by atoms with Crippen LogP contribution in [0.5, 0.6) is 0 Å². The molecule has 0 aromatic carbocycles. The first-order valence-electron chi connectivity index (χ1n) is 9.26. The Morgan fingerprint density at radius 1 is 0.650 bits per heavy atom. The molecule has 1 radical (unpaired) electrons. The van der Waals surface area contributed by atoms with Gasteiger partial charge in [0.1, 0.15) is 0 Å². The second kappa shape index (κ2) is 16.8. The van der Waals surface area contributed by atoms with Gasteiger partial charge in [-0.3, -0.25) is 0 Å². The lowest BCUT2D eigenvalue weighted by atomic mass is 10.0. The molecule has 0 aliphatic carbocycles. The van der Waals surface area contributed by atoms with Crippen LogP contribution in [-0.2, 0) is 0 Å². The molecule has 0 unspecified atom stereocenters. The molecule has 0 aliphatic heterocycles. The number of rotatable bonds is 15. The highest BCUT2D eigenvalue weighted by atomic mass is 14.0. The van der Waals surface area contributed by atoms with Crippen LogP contribution < -0.4 is 0 Å². The van der Waals surface area contributed by atoms with Gasteiger partial charge in [0.05, 0.1) is 0 Å². The minimum absolute atomic E-state index is 1.22. The van der Waals surface area contributed by atoms with Crippen molar-refractivity contribution in [1.29, 1.82) is 0 Å². The fourth-order valence-electron chi connectivity index (χ4n) is 2.69. The van der Waals surface area contributed by atoms with Crippen molar-refractivity contribution >= 4 is 0 Å². The van der Waals surface area contributed by atoms with Gasteiger partial charge in [-0.1, -0.05) is 102 Å². The number of hydrogen-bond acceptors (Lipinski definition) is 0. The molecule has 0 amide bonds. The summed E-state index contributed by atoms with van der Waals surface area (Å²) in [5.41, 5.74) is 1.22. The fraction of sp³-hybridized carbons (Fsp3) is 0.850. The average Bonchev–Trinajstić information content (AvgIpc) is 2.43. The quantitative estimate of drug-likeness (QED) is 0.270. The predicted octanol–water partition coefficient (Wildman–Crippen LogP) is 7.64. The van der Waals surface area contributed by atoms with E-state index in [2.05, 4.69) is 26.8 Å². The normalized spacial score (nSPS) is 12.1. The summed E-state index contributed by atoms with van der Waals surface area (Å²) in [5, 5.41) is 0. The number of allylic oxidation sites excluding steroid dienone is 2. The van der Waals surface area contributed by atoms with Crippen LogP contribution in [0.15, 0.2) is 11.6 Å². The lowest BCUT2D eigenvalue weighted by molar-refractivity contribution is 0.536. The highest BCUT2D eigenvalue weighted by Gasteiger charge is 1.93. The molecule has 20 heavy (non-hydrogen) atoms. The molecule has 0 fully saturated rings. The minimum Gasteiger partial charge on any atom is -0.0856 e. The van der Waals surface area contributed by atoms with Crippen molar-refractivity contribution in [3.05, 3.63) is 18.6 Å². The minimum atomic E-state index is 1.22. The Morgan fingerprint density at radius 2 is 1.00 bits per heavy atom. The average molecular weight is 280 g/mol. The molecule has 0 aromatic heterocycles. The van der Waals surface area contributed by atoms with Gasteiger partial charge in [-0.05, 0) is 26.7 Å². The van der Waals surface area contributed by atoms with E-state index in [1.807, 2.05) is 0 Å². The summed E-state index contributed by atoms with van der Waals surface area (Å²) in [6, 6.07) is 0. The molecule has 0 N–H and O–H groups in total. The summed E-state index contributed by atoms with van der Waals surface area (Å²) < 4.78 is 0. The van der Waals surface area contributed by atoms with E-state index in [1.54, 1.807) is 0 Å². The summed E-state index contributed by atoms with van der Waals surface area (Å²) in [5.74, 6) is 0. The monoisotopic (exact) mass is 279 g/mol. The van der Waals surface area contributed by atoms with E-state index in [0.29, 0.717) is 0 Å². The first-order valence-corrected chi connectivity index (χ1v) is 9.26. The lowest BCUT2D eigenvalue weighted by Crippen LogP contribution is -1.83. The summed E-state index contributed by atoms with van der Waals surface area (Å²) >= 11 is 0. The molecule has 0 heterocycles. The fourth-order valence-corrected chi connectivity index (χ4v) is 2.69. The molecule has 0 heteroatoms. The van der Waals surface area contributed by atoms with Crippen molar-refractivity contribution in [1.82, 2.24) is 0 Å². The Kier molecular flexibility index (Phi) is 16.6. The summed E-state index contributed by atoms with van der Waals surface area (Å²) in [4.78, 5) is 0. The number of hydrogen-bond donors (Lipinski definition) is 0. The van der Waals surface area contributed by atoms with Crippen molar-refractivity contribution in [3.63, 3.8) is 0 Å². The summed E-state index contributed by atoms with van der Waals surface area (Å²) in [7, 11) is 0. The zero-order valence-corrected chi connectivity index (χ0v) is 14.4. The third-order valence-electron chi connectivity index (χ3n) is 4.05. The van der Waals surface area contributed by atoms with Gasteiger partial charge >= 0.3 is 0 Å². The van der Waals surface area contributed by atoms with E-state index >= 15 is 0 Å². The Morgan fingerprint density at radius 3 is 1.35 bits per heavy atom. The smallest absolute Gasteiger partial charge is 0.0286 e. The van der Waals surface area contributed by atoms with Gasteiger partial charge in [0.25, 0.3) is 0 Å². The second-order valence-electron chi connectivity index (χ2n) is 6.44. The van der Waals surface area contributed by atoms with Gasteiger partial charge in [-0.2, -0.15) is 0 Å². The van der Waals surface area contributed by atoms with Crippen LogP contribution in [0.1, 0.15) is 110 Å². The Bertz CT molecular complexity index is 198. The van der Waals surface area contributed by atoms with Gasteiger partial charge in [-0.25, -0.2) is 0 Å². The third kappa shape index (κ3) is 17.7. The van der Waals surface area contributed by atoms with Crippen LogP contribution in [0.25, 0.3) is 0 Å². The zero-order chi connectivity index (χ0) is 14.9. The standard InChI is InChI=1S/C20H39/c1-4-5-6-7-8-9-10-11-12-13-14-15-16-17-18-19-20(2)3/h19H,2,4-18H2,1,3H3. The van der Waals surface area contributed by atoms with Crippen LogP contribution >= 0.6 is 0 Å². The van der Waals surface area contributed by atoms with Crippen molar-refractivity contribution < 1.29 is 0 Å². The topological polar surface area (TPSA) is 0 Å². The second-order valence-corrected chi connectivity index (χ2v) is 6.44. The van der Waals surface area contributed by atoms with Crippen LogP contribution in [0.4, 0.5) is 0 Å². The molecule has 0 saturated heterocycles. The zero-order valence-electron chi connectivity index (χ0n) is 14.4. The van der Waals surface area contributed by atoms with Gasteiger partial charge in [0, 0.05) is 0 Å². The van der Waals surface area contributed by atoms with E-state index in [1.165, 1.54) is 102 Å². The van der Waals surface area contributed by atoms with Crippen LogP contribution in [-0.4, -0.2) is 0 Å². The van der Waals surface area contributed by atoms with Gasteiger partial charge < -0.3 is 0 Å². The van der Waals surface area contributed by atoms with Crippen LogP contribution in [0.2, 0.25) is 0 Å². The van der Waals surface area contributed by atoms with Crippen molar-refractivity contribution in [2.45, 2.75) is 110 Å². The Labute approximate surface area is 129 Å². The molecule has 0 nitrogen and oxygen atoms in total. The Balaban J connectivity index is 2.97. The number of unbranched alkanes of at least 4 members (excludes halogenated alkanes) is 14. The first kappa shape index (κ1) is 19.7. The van der Waals surface area contributed by atoms with Crippen molar-refractivity contribution in [2.24, 2.45) is 0 Å². The maximum atomic E-state index is 3.90. The largest absolute Gasteiger partial charge is 0.0856 e. The SMILES string of the molecule is [CH2]C(C)=CCCCCCCCCCCCCCCCC. The van der Waals surface area contributed by atoms with Gasteiger partial charge in [-0.15, -0.1) is 0 Å². The lowest BCUT2D eigenvalue weighted by Gasteiger charge is -2.03. The van der Waals surface area contributed by atoms with E-state index < -0.39 is 0 Å². The van der Waals surface area contributed by atoms with Gasteiger partial charge in [0.2, 0.25) is 0 Å². The van der Waals surface area contributed by atoms with E-state index in [0.717, 1.165) is 0 Å². The Hall–Kier alpha value is -0.260. The molecule has 0 bridgehead atoms. The molecular formula is C20H39. The maximum Gasteiger partial charge on any atom is -0.0286 e. The van der Waals surface area contributed by atoms with Crippen molar-refractivity contribution in [2.75, 3.05) is 0 Å². The van der Waals surface area contributed by atoms with E-state index in [4.69, 9.17) is 0 Å². The van der Waals surface area contributed by atoms with E-state index in [-0.39, 0.29) is 0 Å². The molecule has 0 spiro atoms. The predicted molar refractivity (Wildman–Crippen MR) is 94.0 cm³/mol. The highest BCUT2D eigenvalue weighted by molar-refractivity contribution is 5.00. The highest BCUT2D eigenvalue weighted by Crippen LogP contribution is 2.13. The van der Waals surface area contributed by atoms with E-state index in [9.17, 15) is 0 Å². The molecule has 0 saturated carbocycles. The third-order valence-corrected chi connectivity index (χ3v) is 4.05. The molecule has 0 rings (SSSR count). The van der Waals surface area contributed by atoms with Crippen LogP contribution in [0.3, 0.4) is 0 Å².